The Labute approximate surface area is 338 Å². The molecule has 0 aliphatic carbocycles. The Kier molecular flexibility index (Phi) is 12.2. The number of carboxylic acid groups (broad SMARTS) is 2. The molecule has 3 unspecified atom stereocenters. The number of unbranched alkanes of at least 4 members (excludes halogenated alkanes) is 2. The van der Waals surface area contributed by atoms with Crippen LogP contribution in [-0.2, 0) is 19.2 Å². The van der Waals surface area contributed by atoms with Gasteiger partial charge in [0, 0.05) is 46.9 Å². The molecule has 0 radical (unpaired) electrons. The van der Waals surface area contributed by atoms with E-state index in [1.165, 1.54) is 39.8 Å². The van der Waals surface area contributed by atoms with E-state index < -0.39 is 35.3 Å². The molecule has 4 heterocycles. The largest absolute Gasteiger partial charge is 0.489 e. The Bertz CT molecular complexity index is 2300. The molecule has 1 saturated heterocycles. The van der Waals surface area contributed by atoms with E-state index in [0.717, 1.165) is 4.70 Å². The number of carbonyl (C=O) groups excluding carboxylic acids is 4. The van der Waals surface area contributed by atoms with Crippen LogP contribution in [-0.4, -0.2) is 103 Å². The van der Waals surface area contributed by atoms with Crippen LogP contribution < -0.4 is 20.7 Å². The number of amides is 4. The average Bonchev–Trinajstić information content (AvgIpc) is 3.89. The number of aliphatic imine (C=N–C) groups is 1. The minimum atomic E-state index is -1.26. The van der Waals surface area contributed by atoms with Crippen LogP contribution in [0.4, 0.5) is 5.69 Å². The van der Waals surface area contributed by atoms with Gasteiger partial charge in [-0.25, -0.2) is 14.6 Å². The Morgan fingerprint density at radius 1 is 0.912 bits per heavy atom. The molecule has 3 aliphatic rings. The Morgan fingerprint density at radius 2 is 1.68 bits per heavy atom. The normalized spacial score (nSPS) is 18.7. The molecule has 294 valence electrons. The van der Waals surface area contributed by atoms with Crippen LogP contribution in [0.25, 0.3) is 10.2 Å². The summed E-state index contributed by atoms with van der Waals surface area (Å²) in [5.74, 6) is -2.42. The van der Waals surface area contributed by atoms with Gasteiger partial charge in [-0.05, 0) is 67.4 Å². The van der Waals surface area contributed by atoms with Crippen molar-refractivity contribution in [2.75, 3.05) is 30.0 Å². The highest BCUT2D eigenvalue weighted by atomic mass is 32.2. The maximum absolute atomic E-state index is 13.2. The summed E-state index contributed by atoms with van der Waals surface area (Å²) in [6.07, 6.45) is 2.01. The second kappa shape index (κ2) is 17.6. The van der Waals surface area contributed by atoms with Crippen molar-refractivity contribution < 1.29 is 43.7 Å². The van der Waals surface area contributed by atoms with E-state index in [1.807, 2.05) is 6.07 Å². The molecule has 0 saturated carbocycles. The van der Waals surface area contributed by atoms with Crippen LogP contribution in [0.15, 0.2) is 89.1 Å². The third kappa shape index (κ3) is 9.13. The predicted molar refractivity (Wildman–Crippen MR) is 217 cm³/mol. The van der Waals surface area contributed by atoms with E-state index >= 15 is 0 Å². The first-order chi connectivity index (χ1) is 27.5. The number of ether oxygens (including phenoxy) is 1. The molecular formula is C39H36N6O9S3. The van der Waals surface area contributed by atoms with Gasteiger partial charge in [0.25, 0.3) is 17.7 Å². The number of benzene rings is 3. The lowest BCUT2D eigenvalue weighted by Crippen LogP contribution is -2.70. The number of anilines is 1. The van der Waals surface area contributed by atoms with Gasteiger partial charge in [-0.15, -0.1) is 34.9 Å². The number of nitrogens with one attached hydrogen (secondary N) is 3. The maximum Gasteiger partial charge on any atom is 0.352 e. The summed E-state index contributed by atoms with van der Waals surface area (Å²) in [5.41, 5.74) is 2.53. The van der Waals surface area contributed by atoms with Crippen LogP contribution >= 0.6 is 34.9 Å². The number of rotatable bonds is 16. The van der Waals surface area contributed by atoms with Crippen molar-refractivity contribution in [2.45, 2.75) is 43.1 Å². The number of aliphatic carboxylic acids is 2. The van der Waals surface area contributed by atoms with Crippen LogP contribution in [0.5, 0.6) is 5.75 Å². The minimum Gasteiger partial charge on any atom is -0.489 e. The summed E-state index contributed by atoms with van der Waals surface area (Å²) < 4.78 is 6.77. The Hall–Kier alpha value is -5.72. The molecule has 0 bridgehead atoms. The molecule has 3 atom stereocenters. The number of aromatic nitrogens is 1. The fraction of sp³-hybridized carbons (Fsp3) is 0.282. The molecule has 3 aliphatic heterocycles. The smallest absolute Gasteiger partial charge is 0.352 e. The van der Waals surface area contributed by atoms with Gasteiger partial charge in [-0.1, -0.05) is 24.6 Å². The third-order valence-electron chi connectivity index (χ3n) is 9.27. The number of hydrogen-bond acceptors (Lipinski definition) is 12. The van der Waals surface area contributed by atoms with E-state index in [0.29, 0.717) is 75.3 Å². The lowest BCUT2D eigenvalue weighted by atomic mass is 10.0. The zero-order valence-corrected chi connectivity index (χ0v) is 32.6. The highest BCUT2D eigenvalue weighted by Crippen LogP contribution is 2.41. The number of nitrogens with zero attached hydrogens (tertiary/aromatic N) is 3. The predicted octanol–water partition coefficient (Wildman–Crippen LogP) is 4.60. The zero-order valence-electron chi connectivity index (χ0n) is 30.1. The first-order valence-corrected chi connectivity index (χ1v) is 20.8. The highest BCUT2D eigenvalue weighted by molar-refractivity contribution is 8.15. The average molecular weight is 829 g/mol. The highest BCUT2D eigenvalue weighted by Gasteiger charge is 2.54. The number of carbonyl (C=O) groups is 6. The second-order valence-electron chi connectivity index (χ2n) is 13.2. The van der Waals surface area contributed by atoms with Crippen LogP contribution in [0.2, 0.25) is 0 Å². The molecule has 1 fully saturated rings. The molecule has 4 aromatic rings. The van der Waals surface area contributed by atoms with E-state index in [1.54, 1.807) is 66.7 Å². The van der Waals surface area contributed by atoms with Crippen LogP contribution in [0.1, 0.15) is 51.4 Å². The van der Waals surface area contributed by atoms with Crippen molar-refractivity contribution in [2.24, 2.45) is 4.99 Å². The van der Waals surface area contributed by atoms with Gasteiger partial charge in [0.15, 0.2) is 6.04 Å². The van der Waals surface area contributed by atoms with Gasteiger partial charge in [0.2, 0.25) is 5.91 Å². The minimum absolute atomic E-state index is 0.0657. The maximum atomic E-state index is 13.2. The number of fused-ring (bicyclic) bond motifs is 2. The van der Waals surface area contributed by atoms with E-state index in [2.05, 4.69) is 25.9 Å². The third-order valence-corrected chi connectivity index (χ3v) is 12.8. The summed E-state index contributed by atoms with van der Waals surface area (Å²) in [5, 5.41) is 28.4. The summed E-state index contributed by atoms with van der Waals surface area (Å²) >= 11 is 4.06. The quantitative estimate of drug-likeness (QED) is 0.0774. The Balaban J connectivity index is 0.830. The number of thiazole rings is 1. The van der Waals surface area contributed by atoms with E-state index in [4.69, 9.17) is 4.74 Å². The van der Waals surface area contributed by atoms with E-state index in [-0.39, 0.29) is 42.2 Å². The molecule has 57 heavy (non-hydrogen) atoms. The van der Waals surface area contributed by atoms with Crippen molar-refractivity contribution in [3.63, 3.8) is 0 Å². The number of β-lactam (4-membered cyclic amide) rings is 1. The first-order valence-electron chi connectivity index (χ1n) is 18.0. The zero-order chi connectivity index (χ0) is 40.1. The van der Waals surface area contributed by atoms with Crippen molar-refractivity contribution in [3.05, 3.63) is 100 Å². The number of hydrogen-bond donors (Lipinski definition) is 5. The topological polar surface area (TPSA) is 217 Å². The summed E-state index contributed by atoms with van der Waals surface area (Å²) in [6.45, 7) is 0.342. The number of carboxylic acids is 2. The molecule has 5 N–H and O–H groups in total. The van der Waals surface area contributed by atoms with Crippen LogP contribution in [0.3, 0.4) is 0 Å². The van der Waals surface area contributed by atoms with Gasteiger partial charge in [0.05, 0.1) is 10.2 Å². The van der Waals surface area contributed by atoms with Gasteiger partial charge in [0.1, 0.15) is 39.5 Å². The second-order valence-corrected chi connectivity index (χ2v) is 16.4. The van der Waals surface area contributed by atoms with E-state index in [9.17, 15) is 39.0 Å². The fourth-order valence-corrected chi connectivity index (χ4v) is 9.72. The molecule has 18 heteroatoms. The summed E-state index contributed by atoms with van der Waals surface area (Å²) in [6, 6.07) is 19.0. The molecule has 7 rings (SSSR count). The van der Waals surface area contributed by atoms with Crippen molar-refractivity contribution in [3.8, 4) is 5.75 Å². The van der Waals surface area contributed by atoms with Gasteiger partial charge in [-0.3, -0.25) is 29.1 Å². The molecule has 0 spiro atoms. The van der Waals surface area contributed by atoms with Gasteiger partial charge in [-0.2, -0.15) is 0 Å². The molecule has 1 aromatic heterocycles. The summed E-state index contributed by atoms with van der Waals surface area (Å²) in [7, 11) is 0. The fourth-order valence-electron chi connectivity index (χ4n) is 6.30. The SMILES string of the molecule is O=C(CCCCCNC(=O)c1ccc(NC(=O)c2ccccc2)cc1)NC1C(=O)N2C(C(=O)O)=C(COc3ccc4nc(C5=NC(C(=O)O)CS5)sc4c3)CSC12. The van der Waals surface area contributed by atoms with Gasteiger partial charge >= 0.3 is 11.9 Å². The van der Waals surface area contributed by atoms with Crippen molar-refractivity contribution in [1.82, 2.24) is 20.5 Å². The van der Waals surface area contributed by atoms with Gasteiger partial charge < -0.3 is 30.9 Å². The summed E-state index contributed by atoms with van der Waals surface area (Å²) in [4.78, 5) is 84.5. The molecule has 15 nitrogen and oxygen atoms in total. The Morgan fingerprint density at radius 3 is 2.42 bits per heavy atom. The molecular weight excluding hydrogens is 793 g/mol. The van der Waals surface area contributed by atoms with Crippen molar-refractivity contribution >= 4 is 91.4 Å². The van der Waals surface area contributed by atoms with Crippen molar-refractivity contribution in [1.29, 1.82) is 0 Å². The monoisotopic (exact) mass is 828 g/mol. The van der Waals surface area contributed by atoms with Crippen LogP contribution in [0, 0.1) is 0 Å². The number of thioether (sulfide) groups is 2. The lowest BCUT2D eigenvalue weighted by molar-refractivity contribution is -0.150. The standard InChI is InChI=1S/C39H36N6O9S3/c46-29(9-5-2-6-16-40-32(47)22-10-12-24(13-11-22)41-33(48)21-7-3-1-4-8-21)44-30-36(49)45-31(39(52)53)23(19-56-37(30)45)18-54-25-14-15-26-28(17-25)57-35(42-26)34-43-27(20-55-34)38(50)51/h1,3-4,7-8,10-15,17,27,30,37H,2,5-6,9,16,18-20H2,(H,40,47)(H,41,48)(H,44,46)(H,50,51)(H,52,53). The molecule has 3 aromatic carbocycles. The first kappa shape index (κ1) is 39.5. The molecule has 4 amide bonds. The lowest BCUT2D eigenvalue weighted by Gasteiger charge is -2.49.